The highest BCUT2D eigenvalue weighted by Crippen LogP contribution is 2.14. The predicted molar refractivity (Wildman–Crippen MR) is 83.3 cm³/mol. The number of hydrogen-bond donors (Lipinski definition) is 0. The molecule has 3 aromatic rings. The zero-order valence-electron chi connectivity index (χ0n) is 12.0. The highest BCUT2D eigenvalue weighted by Gasteiger charge is 2.14. The van der Waals surface area contributed by atoms with Gasteiger partial charge in [0.05, 0.1) is 17.4 Å². The molecule has 1 heterocycles. The van der Waals surface area contributed by atoms with E-state index >= 15 is 0 Å². The molecule has 0 unspecified atom stereocenters. The summed E-state index contributed by atoms with van der Waals surface area (Å²) in [5, 5.41) is 4.18. The van der Waals surface area contributed by atoms with Gasteiger partial charge in [-0.3, -0.25) is 4.79 Å². The molecule has 5 heteroatoms. The fraction of sp³-hybridized carbons (Fsp3) is 0. The zero-order chi connectivity index (χ0) is 16.2. The normalized spacial score (nSPS) is 11.0. The third-order valence-electron chi connectivity index (χ3n) is 3.26. The molecule has 3 rings (SSSR count). The van der Waals surface area contributed by atoms with Crippen LogP contribution in [0.15, 0.2) is 67.0 Å². The van der Waals surface area contributed by atoms with Gasteiger partial charge in [0.2, 0.25) is 0 Å². The summed E-state index contributed by atoms with van der Waals surface area (Å²) in [5.74, 6) is -2.48. The second-order valence-electron chi connectivity index (χ2n) is 4.85. The van der Waals surface area contributed by atoms with Gasteiger partial charge in [0, 0.05) is 11.8 Å². The van der Waals surface area contributed by atoms with Crippen LogP contribution in [0.1, 0.15) is 15.9 Å². The highest BCUT2D eigenvalue weighted by molar-refractivity contribution is 6.07. The van der Waals surface area contributed by atoms with Gasteiger partial charge in [-0.2, -0.15) is 5.10 Å². The molecule has 0 fully saturated rings. The maximum absolute atomic E-state index is 13.5. The van der Waals surface area contributed by atoms with Gasteiger partial charge >= 0.3 is 0 Å². The van der Waals surface area contributed by atoms with Gasteiger partial charge in [-0.15, -0.1) is 0 Å². The van der Waals surface area contributed by atoms with E-state index in [0.717, 1.165) is 23.9 Å². The Kier molecular flexibility index (Phi) is 4.10. The summed E-state index contributed by atoms with van der Waals surface area (Å²) in [5.41, 5.74) is 0.969. The van der Waals surface area contributed by atoms with Crippen LogP contribution in [-0.4, -0.2) is 15.6 Å². The molecule has 0 saturated heterocycles. The molecule has 3 nitrogen and oxygen atoms in total. The van der Waals surface area contributed by atoms with E-state index in [2.05, 4.69) is 5.10 Å². The van der Waals surface area contributed by atoms with Crippen LogP contribution >= 0.6 is 0 Å². The summed E-state index contributed by atoms with van der Waals surface area (Å²) in [6.07, 6.45) is 5.89. The summed E-state index contributed by atoms with van der Waals surface area (Å²) >= 11 is 0. The van der Waals surface area contributed by atoms with Crippen LogP contribution < -0.4 is 0 Å². The Balaban J connectivity index is 1.81. The lowest BCUT2D eigenvalue weighted by Crippen LogP contribution is -2.02. The summed E-state index contributed by atoms with van der Waals surface area (Å²) in [7, 11) is 0. The van der Waals surface area contributed by atoms with Gasteiger partial charge in [-0.25, -0.2) is 13.5 Å². The lowest BCUT2D eigenvalue weighted by Gasteiger charge is -1.99. The van der Waals surface area contributed by atoms with Crippen LogP contribution in [0.5, 0.6) is 0 Å². The van der Waals surface area contributed by atoms with Crippen LogP contribution in [0.2, 0.25) is 0 Å². The van der Waals surface area contributed by atoms with Crippen molar-refractivity contribution in [3.05, 3.63) is 89.8 Å². The van der Waals surface area contributed by atoms with E-state index in [1.165, 1.54) is 12.1 Å². The maximum Gasteiger partial charge on any atom is 0.191 e. The SMILES string of the molecule is O=C(/C=C/c1cnn(-c2ccccc2)c1)c1c(F)cccc1F. The van der Waals surface area contributed by atoms with Crippen molar-refractivity contribution in [2.75, 3.05) is 0 Å². The Hall–Kier alpha value is -3.08. The largest absolute Gasteiger partial charge is 0.289 e. The van der Waals surface area contributed by atoms with Gasteiger partial charge in [-0.1, -0.05) is 24.3 Å². The Morgan fingerprint density at radius 2 is 1.70 bits per heavy atom. The molecule has 2 aromatic carbocycles. The molecule has 0 amide bonds. The number of nitrogens with zero attached hydrogens (tertiary/aromatic N) is 2. The van der Waals surface area contributed by atoms with E-state index in [1.54, 1.807) is 17.1 Å². The van der Waals surface area contributed by atoms with Crippen LogP contribution in [-0.2, 0) is 0 Å². The van der Waals surface area contributed by atoms with Crippen LogP contribution in [0.3, 0.4) is 0 Å². The molecule has 23 heavy (non-hydrogen) atoms. The smallest absolute Gasteiger partial charge is 0.191 e. The van der Waals surface area contributed by atoms with Crippen molar-refractivity contribution in [2.24, 2.45) is 0 Å². The molecular formula is C18H12F2N2O. The van der Waals surface area contributed by atoms with Crippen molar-refractivity contribution in [3.8, 4) is 5.69 Å². The van der Waals surface area contributed by atoms with Crippen molar-refractivity contribution in [2.45, 2.75) is 0 Å². The minimum Gasteiger partial charge on any atom is -0.289 e. The van der Waals surface area contributed by atoms with Crippen molar-refractivity contribution >= 4 is 11.9 Å². The molecule has 0 aliphatic rings. The van der Waals surface area contributed by atoms with Crippen molar-refractivity contribution in [1.29, 1.82) is 0 Å². The monoisotopic (exact) mass is 310 g/mol. The quantitative estimate of drug-likeness (QED) is 0.538. The molecule has 0 N–H and O–H groups in total. The van der Waals surface area contributed by atoms with E-state index in [1.807, 2.05) is 30.3 Å². The van der Waals surface area contributed by atoms with Crippen molar-refractivity contribution in [1.82, 2.24) is 9.78 Å². The fourth-order valence-corrected chi connectivity index (χ4v) is 2.13. The lowest BCUT2D eigenvalue weighted by atomic mass is 10.1. The number of aromatic nitrogens is 2. The van der Waals surface area contributed by atoms with Gasteiger partial charge in [0.1, 0.15) is 11.6 Å². The Bertz CT molecular complexity index is 849. The molecular weight excluding hydrogens is 298 g/mol. The summed E-state index contributed by atoms with van der Waals surface area (Å²) in [6.45, 7) is 0. The minimum absolute atomic E-state index is 0.556. The van der Waals surface area contributed by atoms with Gasteiger partial charge in [0.15, 0.2) is 5.78 Å². The third-order valence-corrected chi connectivity index (χ3v) is 3.26. The number of rotatable bonds is 4. The van der Waals surface area contributed by atoms with Gasteiger partial charge in [0.25, 0.3) is 0 Å². The van der Waals surface area contributed by atoms with Crippen LogP contribution in [0, 0.1) is 11.6 Å². The van der Waals surface area contributed by atoms with E-state index in [4.69, 9.17) is 0 Å². The standard InChI is InChI=1S/C18H12F2N2O/c19-15-7-4-8-16(20)18(15)17(23)10-9-13-11-21-22(12-13)14-5-2-1-3-6-14/h1-12H/b10-9+. The molecule has 1 aromatic heterocycles. The minimum atomic E-state index is -0.875. The van der Waals surface area contributed by atoms with Crippen molar-refractivity contribution < 1.29 is 13.6 Å². The van der Waals surface area contributed by atoms with E-state index < -0.39 is 23.0 Å². The maximum atomic E-state index is 13.5. The molecule has 0 saturated carbocycles. The summed E-state index contributed by atoms with van der Waals surface area (Å²) in [6, 6.07) is 12.8. The summed E-state index contributed by atoms with van der Waals surface area (Å²) in [4.78, 5) is 11.9. The highest BCUT2D eigenvalue weighted by atomic mass is 19.1. The molecule has 0 aliphatic carbocycles. The van der Waals surface area contributed by atoms with Crippen molar-refractivity contribution in [3.63, 3.8) is 0 Å². The number of carbonyl (C=O) groups is 1. The Morgan fingerprint density at radius 1 is 1.00 bits per heavy atom. The predicted octanol–water partition coefficient (Wildman–Crippen LogP) is 4.05. The average molecular weight is 310 g/mol. The number of carbonyl (C=O) groups excluding carboxylic acids is 1. The first-order valence-electron chi connectivity index (χ1n) is 6.91. The van der Waals surface area contributed by atoms with Crippen LogP contribution in [0.25, 0.3) is 11.8 Å². The van der Waals surface area contributed by atoms with E-state index in [9.17, 15) is 13.6 Å². The fourth-order valence-electron chi connectivity index (χ4n) is 2.13. The Morgan fingerprint density at radius 3 is 2.39 bits per heavy atom. The number of hydrogen-bond acceptors (Lipinski definition) is 2. The number of ketones is 1. The number of allylic oxidation sites excluding steroid dienone is 1. The lowest BCUT2D eigenvalue weighted by molar-refractivity contribution is 0.104. The topological polar surface area (TPSA) is 34.9 Å². The number of para-hydroxylation sites is 1. The second kappa shape index (κ2) is 6.36. The first-order chi connectivity index (χ1) is 11.1. The van der Waals surface area contributed by atoms with E-state index in [-0.39, 0.29) is 0 Å². The molecule has 114 valence electrons. The number of benzene rings is 2. The van der Waals surface area contributed by atoms with Crippen LogP contribution in [0.4, 0.5) is 8.78 Å². The Labute approximate surface area is 131 Å². The molecule has 0 aliphatic heterocycles. The first kappa shape index (κ1) is 14.8. The average Bonchev–Trinajstić information content (AvgIpc) is 3.02. The van der Waals surface area contributed by atoms with Gasteiger partial charge in [-0.05, 0) is 36.4 Å². The van der Waals surface area contributed by atoms with Gasteiger partial charge < -0.3 is 0 Å². The van der Waals surface area contributed by atoms with E-state index in [0.29, 0.717) is 5.56 Å². The summed E-state index contributed by atoms with van der Waals surface area (Å²) < 4.78 is 28.7. The zero-order valence-corrected chi connectivity index (χ0v) is 12.0. The molecule has 0 bridgehead atoms. The number of halogens is 2. The molecule has 0 atom stereocenters. The first-order valence-corrected chi connectivity index (χ1v) is 6.91. The third kappa shape index (κ3) is 3.23. The molecule has 0 radical (unpaired) electrons. The second-order valence-corrected chi connectivity index (χ2v) is 4.85. The molecule has 0 spiro atoms.